The highest BCUT2D eigenvalue weighted by Gasteiger charge is 2.39. The largest absolute Gasteiger partial charge is 0.481 e. The van der Waals surface area contributed by atoms with Crippen LogP contribution in [0.15, 0.2) is 18.2 Å². The zero-order valence-electron chi connectivity index (χ0n) is 10.1. The average molecular weight is 280 g/mol. The number of aliphatic hydroxyl groups is 1. The van der Waals surface area contributed by atoms with E-state index < -0.39 is 35.0 Å². The molecule has 0 aliphatic heterocycles. The van der Waals surface area contributed by atoms with Crippen LogP contribution in [0.1, 0.15) is 31.1 Å². The van der Waals surface area contributed by atoms with Crippen molar-refractivity contribution in [1.29, 1.82) is 0 Å². The van der Waals surface area contributed by atoms with Gasteiger partial charge in [-0.3, -0.25) is 4.79 Å². The van der Waals surface area contributed by atoms with E-state index in [9.17, 15) is 27.5 Å². The second-order valence-corrected chi connectivity index (χ2v) is 4.67. The SMILES string of the molecule is CC(C)(C(=O)O)C(O)c1ccc(F)c(C(F)(F)F)c1. The van der Waals surface area contributed by atoms with E-state index >= 15 is 0 Å². The van der Waals surface area contributed by atoms with Crippen LogP contribution >= 0.6 is 0 Å². The van der Waals surface area contributed by atoms with Crippen molar-refractivity contribution in [2.45, 2.75) is 26.1 Å². The Morgan fingerprint density at radius 2 is 1.79 bits per heavy atom. The molecule has 1 aromatic carbocycles. The highest BCUT2D eigenvalue weighted by molar-refractivity contribution is 5.74. The molecule has 0 amide bonds. The summed E-state index contributed by atoms with van der Waals surface area (Å²) in [6.45, 7) is 2.33. The van der Waals surface area contributed by atoms with Crippen LogP contribution < -0.4 is 0 Å². The molecule has 0 aliphatic rings. The van der Waals surface area contributed by atoms with Crippen LogP contribution in [-0.2, 0) is 11.0 Å². The van der Waals surface area contributed by atoms with Crippen LogP contribution in [0.3, 0.4) is 0 Å². The third kappa shape index (κ3) is 3.04. The first kappa shape index (κ1) is 15.4. The number of rotatable bonds is 3. The highest BCUT2D eigenvalue weighted by Crippen LogP contribution is 2.37. The van der Waals surface area contributed by atoms with Crippen LogP contribution in [0.25, 0.3) is 0 Å². The summed E-state index contributed by atoms with van der Waals surface area (Å²) in [4.78, 5) is 10.9. The molecule has 0 radical (unpaired) electrons. The molecular weight excluding hydrogens is 268 g/mol. The zero-order chi connectivity index (χ0) is 15.0. The van der Waals surface area contributed by atoms with E-state index in [1.807, 2.05) is 0 Å². The van der Waals surface area contributed by atoms with Crippen molar-refractivity contribution in [2.24, 2.45) is 5.41 Å². The summed E-state index contributed by atoms with van der Waals surface area (Å²) in [5.74, 6) is -2.85. The summed E-state index contributed by atoms with van der Waals surface area (Å²) in [6, 6.07) is 1.91. The number of hydrogen-bond acceptors (Lipinski definition) is 2. The summed E-state index contributed by atoms with van der Waals surface area (Å²) in [7, 11) is 0. The molecule has 0 fully saturated rings. The lowest BCUT2D eigenvalue weighted by Crippen LogP contribution is -2.31. The monoisotopic (exact) mass is 280 g/mol. The molecule has 19 heavy (non-hydrogen) atoms. The van der Waals surface area contributed by atoms with Gasteiger partial charge in [-0.15, -0.1) is 0 Å². The number of hydrogen-bond donors (Lipinski definition) is 2. The van der Waals surface area contributed by atoms with Gasteiger partial charge in [-0.25, -0.2) is 4.39 Å². The fourth-order valence-corrected chi connectivity index (χ4v) is 1.46. The Bertz CT molecular complexity index is 494. The number of aliphatic carboxylic acids is 1. The number of halogens is 4. The number of benzene rings is 1. The Hall–Kier alpha value is -1.63. The van der Waals surface area contributed by atoms with E-state index in [4.69, 9.17) is 5.11 Å². The molecule has 2 N–H and O–H groups in total. The van der Waals surface area contributed by atoms with E-state index in [1.165, 1.54) is 0 Å². The van der Waals surface area contributed by atoms with Gasteiger partial charge in [0.1, 0.15) is 5.82 Å². The molecule has 0 saturated carbocycles. The van der Waals surface area contributed by atoms with Crippen LogP contribution in [0, 0.1) is 11.2 Å². The summed E-state index contributed by atoms with van der Waals surface area (Å²) in [5, 5.41) is 18.7. The minimum atomic E-state index is -4.91. The van der Waals surface area contributed by atoms with E-state index in [1.54, 1.807) is 0 Å². The predicted molar refractivity (Wildman–Crippen MR) is 57.8 cm³/mol. The lowest BCUT2D eigenvalue weighted by molar-refractivity contribution is -0.153. The maximum atomic E-state index is 13.1. The van der Waals surface area contributed by atoms with Gasteiger partial charge < -0.3 is 10.2 Å². The Kier molecular flexibility index (Phi) is 3.90. The van der Waals surface area contributed by atoms with Gasteiger partial charge >= 0.3 is 12.1 Å². The number of carboxylic acid groups (broad SMARTS) is 1. The van der Waals surface area contributed by atoms with Crippen LogP contribution in [0.5, 0.6) is 0 Å². The second-order valence-electron chi connectivity index (χ2n) is 4.67. The standard InChI is InChI=1S/C12H12F4O3/c1-11(2,10(18)19)9(17)6-3-4-8(13)7(5-6)12(14,15)16/h3-5,9,17H,1-2H3,(H,18,19). The van der Waals surface area contributed by atoms with Crippen LogP contribution in [0.4, 0.5) is 17.6 Å². The van der Waals surface area contributed by atoms with Gasteiger partial charge in [0, 0.05) is 0 Å². The van der Waals surface area contributed by atoms with Crippen molar-refractivity contribution in [3.05, 3.63) is 35.1 Å². The van der Waals surface area contributed by atoms with Crippen molar-refractivity contribution in [1.82, 2.24) is 0 Å². The maximum Gasteiger partial charge on any atom is 0.419 e. The molecule has 106 valence electrons. The Balaban J connectivity index is 3.27. The van der Waals surface area contributed by atoms with E-state index in [0.29, 0.717) is 12.1 Å². The van der Waals surface area contributed by atoms with Crippen molar-refractivity contribution in [3.63, 3.8) is 0 Å². The Morgan fingerprint density at radius 1 is 1.26 bits per heavy atom. The van der Waals surface area contributed by atoms with E-state index in [2.05, 4.69) is 0 Å². The Labute approximate surface area is 106 Å². The molecule has 1 rings (SSSR count). The van der Waals surface area contributed by atoms with Gasteiger partial charge in [0.05, 0.1) is 17.1 Å². The highest BCUT2D eigenvalue weighted by atomic mass is 19.4. The molecule has 7 heteroatoms. The molecular formula is C12H12F4O3. The second kappa shape index (κ2) is 4.80. The lowest BCUT2D eigenvalue weighted by Gasteiger charge is -2.26. The number of alkyl halides is 3. The molecule has 0 heterocycles. The number of aliphatic hydroxyl groups excluding tert-OH is 1. The summed E-state index contributed by atoms with van der Waals surface area (Å²) in [5.41, 5.74) is -3.54. The first-order valence-corrected chi connectivity index (χ1v) is 5.26. The molecule has 0 bridgehead atoms. The predicted octanol–water partition coefficient (Wildman–Crippen LogP) is 2.99. The Morgan fingerprint density at radius 3 is 2.21 bits per heavy atom. The van der Waals surface area contributed by atoms with Gasteiger partial charge in [0.15, 0.2) is 0 Å². The molecule has 1 unspecified atom stereocenters. The smallest absolute Gasteiger partial charge is 0.419 e. The fraction of sp³-hybridized carbons (Fsp3) is 0.417. The fourth-order valence-electron chi connectivity index (χ4n) is 1.46. The quantitative estimate of drug-likeness (QED) is 0.837. The van der Waals surface area contributed by atoms with Gasteiger partial charge in [0.2, 0.25) is 0 Å². The molecule has 0 aliphatic carbocycles. The summed E-state index contributed by atoms with van der Waals surface area (Å²) in [6.07, 6.45) is -6.60. The van der Waals surface area contributed by atoms with Crippen molar-refractivity contribution in [3.8, 4) is 0 Å². The molecule has 0 aromatic heterocycles. The van der Waals surface area contributed by atoms with Gasteiger partial charge in [-0.2, -0.15) is 13.2 Å². The van der Waals surface area contributed by atoms with E-state index in [0.717, 1.165) is 19.9 Å². The first-order chi connectivity index (χ1) is 8.48. The van der Waals surface area contributed by atoms with E-state index in [-0.39, 0.29) is 5.56 Å². The van der Waals surface area contributed by atoms with Crippen molar-refractivity contribution >= 4 is 5.97 Å². The first-order valence-electron chi connectivity index (χ1n) is 5.26. The summed E-state index contributed by atoms with van der Waals surface area (Å²) >= 11 is 0. The molecule has 0 spiro atoms. The molecule has 3 nitrogen and oxygen atoms in total. The van der Waals surface area contributed by atoms with Crippen molar-refractivity contribution < 1.29 is 32.6 Å². The third-order valence-electron chi connectivity index (χ3n) is 2.85. The molecule has 0 saturated heterocycles. The van der Waals surface area contributed by atoms with Crippen LogP contribution in [0.2, 0.25) is 0 Å². The summed E-state index contributed by atoms with van der Waals surface area (Å²) < 4.78 is 50.6. The van der Waals surface area contributed by atoms with Gasteiger partial charge in [-0.05, 0) is 31.5 Å². The average Bonchev–Trinajstić information content (AvgIpc) is 2.26. The van der Waals surface area contributed by atoms with Gasteiger partial charge in [-0.1, -0.05) is 6.07 Å². The van der Waals surface area contributed by atoms with Crippen LogP contribution in [-0.4, -0.2) is 16.2 Å². The molecule has 1 atom stereocenters. The topological polar surface area (TPSA) is 57.5 Å². The third-order valence-corrected chi connectivity index (χ3v) is 2.85. The zero-order valence-corrected chi connectivity index (χ0v) is 10.1. The number of carboxylic acids is 1. The lowest BCUT2D eigenvalue weighted by atomic mass is 9.82. The van der Waals surface area contributed by atoms with Gasteiger partial charge in [0.25, 0.3) is 0 Å². The number of carbonyl (C=O) groups is 1. The normalized spacial score (nSPS) is 14.3. The minimum absolute atomic E-state index is 0.305. The molecule has 1 aromatic rings. The minimum Gasteiger partial charge on any atom is -0.481 e. The maximum absolute atomic E-state index is 13.1. The van der Waals surface area contributed by atoms with Crippen molar-refractivity contribution in [2.75, 3.05) is 0 Å².